The lowest BCUT2D eigenvalue weighted by atomic mass is 9.47. The van der Waals surface area contributed by atoms with E-state index in [-0.39, 0.29) is 23.6 Å². The Bertz CT molecular complexity index is 985. The number of esters is 1. The zero-order chi connectivity index (χ0) is 34.7. The molecule has 3 saturated carbocycles. The van der Waals surface area contributed by atoms with Crippen LogP contribution >= 0.6 is 0 Å². The van der Waals surface area contributed by atoms with Crippen LogP contribution in [0.2, 0.25) is 0 Å². The highest BCUT2D eigenvalue weighted by atomic mass is 16.5. The van der Waals surface area contributed by atoms with Crippen LogP contribution in [0.4, 0.5) is 0 Å². The molecule has 3 fully saturated rings. The molecule has 0 aliphatic heterocycles. The van der Waals surface area contributed by atoms with Gasteiger partial charge < -0.3 is 9.84 Å². The summed E-state index contributed by atoms with van der Waals surface area (Å²) in [5.74, 6) is 4.67. The molecule has 3 nitrogen and oxygen atoms in total. The van der Waals surface area contributed by atoms with Crippen LogP contribution in [0.5, 0.6) is 0 Å². The van der Waals surface area contributed by atoms with Crippen molar-refractivity contribution >= 4 is 5.97 Å². The van der Waals surface area contributed by atoms with Gasteiger partial charge in [-0.05, 0) is 110 Å². The van der Waals surface area contributed by atoms with Crippen molar-refractivity contribution in [1.82, 2.24) is 0 Å². The highest BCUT2D eigenvalue weighted by Gasteiger charge is 2.59. The summed E-state index contributed by atoms with van der Waals surface area (Å²) in [5, 5.41) is 11.4. The molecule has 0 heterocycles. The number of hydrogen-bond acceptors (Lipinski definition) is 3. The molecule has 0 radical (unpaired) electrons. The fourth-order valence-electron chi connectivity index (χ4n) is 11.9. The summed E-state index contributed by atoms with van der Waals surface area (Å²) in [6.45, 7) is 16.8. The second kappa shape index (κ2) is 19.1. The van der Waals surface area contributed by atoms with Gasteiger partial charge in [0.25, 0.3) is 0 Å². The number of ether oxygens (including phenoxy) is 1. The normalized spacial score (nSPS) is 33.4. The third kappa shape index (κ3) is 9.94. The Kier molecular flexibility index (Phi) is 15.9. The van der Waals surface area contributed by atoms with Gasteiger partial charge >= 0.3 is 5.97 Å². The van der Waals surface area contributed by atoms with Gasteiger partial charge in [-0.15, -0.1) is 0 Å². The highest BCUT2D eigenvalue weighted by molar-refractivity contribution is 5.69. The summed E-state index contributed by atoms with van der Waals surface area (Å²) < 4.78 is 6.12. The van der Waals surface area contributed by atoms with Crippen LogP contribution in [0.25, 0.3) is 0 Å². The molecule has 3 heteroatoms. The van der Waals surface area contributed by atoms with E-state index < -0.39 is 0 Å². The van der Waals surface area contributed by atoms with E-state index in [2.05, 4.69) is 54.5 Å². The topological polar surface area (TPSA) is 46.5 Å². The molecular formula is C45H80O3. The largest absolute Gasteiger partial charge is 0.462 e. The van der Waals surface area contributed by atoms with Gasteiger partial charge in [0.15, 0.2) is 0 Å². The van der Waals surface area contributed by atoms with Gasteiger partial charge in [0.05, 0.1) is 6.10 Å². The Balaban J connectivity index is 1.18. The maximum atomic E-state index is 12.8. The first-order chi connectivity index (χ1) is 23.0. The molecule has 10 atom stereocenters. The Hall–Kier alpha value is -0.830. The van der Waals surface area contributed by atoms with Crippen LogP contribution < -0.4 is 0 Å². The van der Waals surface area contributed by atoms with Gasteiger partial charge in [0, 0.05) is 12.8 Å². The highest BCUT2D eigenvalue weighted by Crippen LogP contribution is 2.67. The molecule has 0 saturated heterocycles. The minimum Gasteiger partial charge on any atom is -0.462 e. The van der Waals surface area contributed by atoms with E-state index in [0.29, 0.717) is 35.5 Å². The Morgan fingerprint density at radius 3 is 2.06 bits per heavy atom. The zero-order valence-electron chi connectivity index (χ0n) is 33.0. The molecule has 0 amide bonds. The van der Waals surface area contributed by atoms with Crippen LogP contribution in [-0.2, 0) is 9.53 Å². The Morgan fingerprint density at radius 2 is 1.46 bits per heavy atom. The molecule has 0 aromatic heterocycles. The molecule has 4 aliphatic carbocycles. The van der Waals surface area contributed by atoms with E-state index in [1.54, 1.807) is 5.57 Å². The lowest BCUT2D eigenvalue weighted by Crippen LogP contribution is -2.51. The lowest BCUT2D eigenvalue weighted by molar-refractivity contribution is -0.151. The Morgan fingerprint density at radius 1 is 0.833 bits per heavy atom. The van der Waals surface area contributed by atoms with E-state index in [1.165, 1.54) is 122 Å². The van der Waals surface area contributed by atoms with E-state index in [9.17, 15) is 9.90 Å². The first-order valence-corrected chi connectivity index (χ1v) is 21.6. The van der Waals surface area contributed by atoms with E-state index in [1.807, 2.05) is 0 Å². The molecule has 278 valence electrons. The van der Waals surface area contributed by atoms with Gasteiger partial charge in [0.1, 0.15) is 6.10 Å². The predicted molar refractivity (Wildman–Crippen MR) is 204 cm³/mol. The minimum absolute atomic E-state index is 0.0429. The van der Waals surface area contributed by atoms with Crippen LogP contribution in [0.1, 0.15) is 203 Å². The van der Waals surface area contributed by atoms with Crippen molar-refractivity contribution in [2.75, 3.05) is 0 Å². The van der Waals surface area contributed by atoms with Gasteiger partial charge in [0.2, 0.25) is 0 Å². The fourth-order valence-corrected chi connectivity index (χ4v) is 11.9. The average molecular weight is 669 g/mol. The van der Waals surface area contributed by atoms with Gasteiger partial charge in [-0.2, -0.15) is 0 Å². The summed E-state index contributed by atoms with van der Waals surface area (Å²) >= 11 is 0. The molecule has 4 rings (SSSR count). The molecular weight excluding hydrogens is 588 g/mol. The van der Waals surface area contributed by atoms with Crippen molar-refractivity contribution in [2.24, 2.45) is 52.3 Å². The van der Waals surface area contributed by atoms with Gasteiger partial charge in [-0.25, -0.2) is 0 Å². The number of allylic oxidation sites excluding steroid dienone is 1. The van der Waals surface area contributed by atoms with E-state index in [0.717, 1.165) is 43.4 Å². The Labute approximate surface area is 298 Å². The van der Waals surface area contributed by atoms with Crippen molar-refractivity contribution in [1.29, 1.82) is 0 Å². The zero-order valence-corrected chi connectivity index (χ0v) is 33.0. The maximum absolute atomic E-state index is 12.8. The van der Waals surface area contributed by atoms with E-state index >= 15 is 0 Å². The summed E-state index contributed by atoms with van der Waals surface area (Å²) in [6.07, 6.45) is 32.2. The summed E-state index contributed by atoms with van der Waals surface area (Å²) in [4.78, 5) is 12.8. The summed E-state index contributed by atoms with van der Waals surface area (Å²) in [7, 11) is 0. The third-order valence-corrected chi connectivity index (χ3v) is 15.2. The monoisotopic (exact) mass is 669 g/mol. The number of aliphatic hydroxyl groups is 1. The molecule has 48 heavy (non-hydrogen) atoms. The van der Waals surface area contributed by atoms with Gasteiger partial charge in [-0.1, -0.05) is 144 Å². The van der Waals surface area contributed by atoms with Crippen molar-refractivity contribution in [2.45, 2.75) is 215 Å². The second-order valence-electron chi connectivity index (χ2n) is 18.4. The predicted octanol–water partition coefficient (Wildman–Crippen LogP) is 13.0. The van der Waals surface area contributed by atoms with Crippen LogP contribution in [-0.4, -0.2) is 23.3 Å². The number of unbranched alkanes of at least 4 members (excludes halogenated alkanes) is 12. The average Bonchev–Trinajstić information content (AvgIpc) is 3.42. The molecule has 0 spiro atoms. The quantitative estimate of drug-likeness (QED) is 0.0752. The molecule has 1 N–H and O–H groups in total. The first-order valence-electron chi connectivity index (χ1n) is 21.6. The molecule has 0 unspecified atom stereocenters. The molecule has 0 aromatic carbocycles. The van der Waals surface area contributed by atoms with Crippen LogP contribution in [0.3, 0.4) is 0 Å². The third-order valence-electron chi connectivity index (χ3n) is 15.2. The molecule has 0 aromatic rings. The van der Waals surface area contributed by atoms with Crippen LogP contribution in [0, 0.1) is 52.3 Å². The first kappa shape index (κ1) is 39.9. The summed E-state index contributed by atoms with van der Waals surface area (Å²) in [5.41, 5.74) is 2.25. The number of rotatable bonds is 21. The maximum Gasteiger partial charge on any atom is 0.306 e. The minimum atomic E-state index is -0.173. The second-order valence-corrected chi connectivity index (χ2v) is 18.4. The number of carbonyl (C=O) groups excluding carboxylic acids is 1. The van der Waals surface area contributed by atoms with E-state index in [4.69, 9.17) is 4.74 Å². The van der Waals surface area contributed by atoms with Crippen molar-refractivity contribution in [3.05, 3.63) is 11.6 Å². The molecule has 0 bridgehead atoms. The lowest BCUT2D eigenvalue weighted by Gasteiger charge is -2.58. The summed E-state index contributed by atoms with van der Waals surface area (Å²) in [6, 6.07) is 0. The number of fused-ring (bicyclic) bond motifs is 5. The number of aliphatic hydroxyl groups excluding tert-OH is 1. The SMILES string of the molecule is CCCCCCCCCCCCCCCC(=O)O[C@H]1CC[C@@]2(C)C(=CC[C@H]3[C@@H]4CC[C@H]([C@H](C)[C@H](O)C[C@@H](CC)C(C)C)[C@@]4(C)CC[C@@H]32)C1. The van der Waals surface area contributed by atoms with Gasteiger partial charge in [-0.3, -0.25) is 4.79 Å². The smallest absolute Gasteiger partial charge is 0.306 e. The number of carbonyl (C=O) groups is 1. The molecule has 4 aliphatic rings. The number of hydrogen-bond donors (Lipinski definition) is 1. The van der Waals surface area contributed by atoms with Crippen LogP contribution in [0.15, 0.2) is 11.6 Å². The fraction of sp³-hybridized carbons (Fsp3) is 0.933. The van der Waals surface area contributed by atoms with Crippen molar-refractivity contribution in [3.63, 3.8) is 0 Å². The standard InChI is InChI=1S/C45H80O3/c1-8-10-11-12-13-14-15-16-17-18-19-20-21-22-43(47)48-37-27-29-44(6)36(32-37)23-24-38-40-26-25-39(45(40,7)30-28-41(38)44)34(5)42(46)31-35(9-2)33(3)4/h23,33-35,37-42,46H,8-22,24-32H2,1-7H3/t34-,35+,37-,38-,39+,40-,41-,42+,44-,45+/m0/s1. The van der Waals surface area contributed by atoms with Crippen molar-refractivity contribution < 1.29 is 14.6 Å². The van der Waals surface area contributed by atoms with Crippen molar-refractivity contribution in [3.8, 4) is 0 Å².